The number of carbonyl (C=O) groups excluding carboxylic acids is 1. The van der Waals surface area contributed by atoms with Crippen molar-refractivity contribution in [3.63, 3.8) is 0 Å². The lowest BCUT2D eigenvalue weighted by molar-refractivity contribution is -0.119. The van der Waals surface area contributed by atoms with Crippen LogP contribution in [0.15, 0.2) is 20.7 Å². The molecule has 1 amide bonds. The third-order valence-corrected chi connectivity index (χ3v) is 2.28. The molecule has 100 valence electrons. The van der Waals surface area contributed by atoms with Crippen molar-refractivity contribution in [2.24, 2.45) is 26.4 Å². The van der Waals surface area contributed by atoms with Gasteiger partial charge in [-0.05, 0) is 6.42 Å². The van der Waals surface area contributed by atoms with E-state index in [0.29, 0.717) is 0 Å². The Morgan fingerprint density at radius 1 is 1.00 bits per heavy atom. The first-order chi connectivity index (χ1) is 8.56. The first kappa shape index (κ1) is 15.8. The van der Waals surface area contributed by atoms with Crippen LogP contribution >= 0.6 is 0 Å². The highest BCUT2D eigenvalue weighted by Crippen LogP contribution is 2.19. The molecular weight excluding hydrogens is 250 g/mol. The summed E-state index contributed by atoms with van der Waals surface area (Å²) in [6.45, 7) is -0.510. The highest BCUT2D eigenvalue weighted by atomic mass is 16.3. The molecule has 18 heavy (non-hydrogen) atoms. The molecule has 0 heterocycles. The summed E-state index contributed by atoms with van der Waals surface area (Å²) in [5, 5.41) is 18.2. The third-order valence-electron chi connectivity index (χ3n) is 2.28. The van der Waals surface area contributed by atoms with Gasteiger partial charge in [0, 0.05) is 6.61 Å². The van der Waals surface area contributed by atoms with Crippen LogP contribution in [0.2, 0.25) is 0 Å². The van der Waals surface area contributed by atoms with Gasteiger partial charge in [-0.1, -0.05) is 20.7 Å². The second-order valence-electron chi connectivity index (χ2n) is 3.33. The number of primary amides is 1. The van der Waals surface area contributed by atoms with Crippen LogP contribution in [0.4, 0.5) is 0 Å². The molecular formula is C7H11N5O6. The van der Waals surface area contributed by atoms with Crippen LogP contribution in [0, 0.1) is 19.6 Å². The number of hydrogen-bond acceptors (Lipinski definition) is 10. The fourth-order valence-corrected chi connectivity index (χ4v) is 1.37. The van der Waals surface area contributed by atoms with Crippen molar-refractivity contribution >= 4 is 5.91 Å². The molecule has 11 nitrogen and oxygen atoms in total. The van der Waals surface area contributed by atoms with Crippen LogP contribution in [-0.4, -0.2) is 41.8 Å². The second-order valence-corrected chi connectivity index (χ2v) is 3.33. The maximum Gasteiger partial charge on any atom is 0.248 e. The van der Waals surface area contributed by atoms with E-state index in [9.17, 15) is 24.4 Å². The normalized spacial score (nSPS) is 16.9. The molecule has 4 atom stereocenters. The molecule has 0 saturated carbocycles. The summed E-state index contributed by atoms with van der Waals surface area (Å²) in [6.07, 6.45) is -0.281. The van der Waals surface area contributed by atoms with Gasteiger partial charge in [-0.15, -0.1) is 4.91 Å². The van der Waals surface area contributed by atoms with Gasteiger partial charge < -0.3 is 10.8 Å². The summed E-state index contributed by atoms with van der Waals surface area (Å²) >= 11 is 0. The van der Waals surface area contributed by atoms with Crippen molar-refractivity contribution in [1.82, 2.24) is 0 Å². The molecule has 0 aromatic rings. The van der Waals surface area contributed by atoms with E-state index in [1.54, 1.807) is 0 Å². The standard InChI is InChI=1S/C7H11N5O6/c8-7(14)6(12-18)5(11-17)4(10-16)3(9-15)1-2-13/h3-6,13H,1-2H2,(H2,8,14)/t3?,4?,5?,6-/m1/s1. The number of nitroso groups, excluding NO2 is 4. The minimum atomic E-state index is -1.92. The molecule has 0 bridgehead atoms. The van der Waals surface area contributed by atoms with E-state index in [-0.39, 0.29) is 6.42 Å². The smallest absolute Gasteiger partial charge is 0.248 e. The third kappa shape index (κ3) is 3.69. The lowest BCUT2D eigenvalue weighted by Crippen LogP contribution is -2.46. The first-order valence-corrected chi connectivity index (χ1v) is 4.77. The summed E-state index contributed by atoms with van der Waals surface area (Å²) in [6, 6.07) is -6.85. The Kier molecular flexibility index (Phi) is 7.04. The number of rotatable bonds is 10. The average Bonchev–Trinajstić information content (AvgIpc) is 2.36. The summed E-state index contributed by atoms with van der Waals surface area (Å²) < 4.78 is 0. The molecule has 3 N–H and O–H groups in total. The van der Waals surface area contributed by atoms with Gasteiger partial charge in [-0.3, -0.25) is 4.79 Å². The molecule has 0 aliphatic carbocycles. The Labute approximate surface area is 100 Å². The number of nitrogens with two attached hydrogens (primary N) is 1. The number of nitrogens with zero attached hydrogens (tertiary/aromatic N) is 4. The van der Waals surface area contributed by atoms with Gasteiger partial charge in [0.05, 0.1) is 0 Å². The molecule has 0 aromatic heterocycles. The van der Waals surface area contributed by atoms with Crippen LogP contribution < -0.4 is 5.73 Å². The van der Waals surface area contributed by atoms with Crippen LogP contribution in [0.5, 0.6) is 0 Å². The SMILES string of the molecule is NC(=O)[C@H](N=O)C(N=O)C(N=O)C(CCO)N=O. The summed E-state index contributed by atoms with van der Waals surface area (Å²) in [5.74, 6) is -1.28. The van der Waals surface area contributed by atoms with E-state index in [1.807, 2.05) is 0 Å². The predicted molar refractivity (Wildman–Crippen MR) is 59.2 cm³/mol. The minimum absolute atomic E-state index is 0.281. The van der Waals surface area contributed by atoms with E-state index >= 15 is 0 Å². The second kappa shape index (κ2) is 8.00. The number of aliphatic hydroxyl groups is 1. The lowest BCUT2D eigenvalue weighted by Gasteiger charge is -2.20. The molecule has 0 aliphatic heterocycles. The van der Waals surface area contributed by atoms with Crippen molar-refractivity contribution in [3.05, 3.63) is 19.6 Å². The molecule has 0 saturated heterocycles. The molecule has 0 radical (unpaired) electrons. The van der Waals surface area contributed by atoms with Crippen LogP contribution in [0.3, 0.4) is 0 Å². The summed E-state index contributed by atoms with van der Waals surface area (Å²) in [7, 11) is 0. The van der Waals surface area contributed by atoms with E-state index in [2.05, 4.69) is 20.7 Å². The molecule has 0 aliphatic rings. The Morgan fingerprint density at radius 2 is 1.56 bits per heavy atom. The Hall–Kier alpha value is -2.17. The maximum atomic E-state index is 10.8. The van der Waals surface area contributed by atoms with E-state index in [4.69, 9.17) is 10.8 Å². The van der Waals surface area contributed by atoms with Crippen molar-refractivity contribution in [2.75, 3.05) is 6.61 Å². The minimum Gasteiger partial charge on any atom is -0.396 e. The van der Waals surface area contributed by atoms with E-state index in [1.165, 1.54) is 0 Å². The molecule has 0 rings (SSSR count). The van der Waals surface area contributed by atoms with Gasteiger partial charge in [-0.25, -0.2) is 0 Å². The molecule has 3 unspecified atom stereocenters. The topological polar surface area (TPSA) is 181 Å². The van der Waals surface area contributed by atoms with Gasteiger partial charge >= 0.3 is 0 Å². The number of carbonyl (C=O) groups is 1. The Morgan fingerprint density at radius 3 is 1.83 bits per heavy atom. The van der Waals surface area contributed by atoms with Gasteiger partial charge in [0.1, 0.15) is 12.1 Å². The first-order valence-electron chi connectivity index (χ1n) is 4.77. The highest BCUT2D eigenvalue weighted by Gasteiger charge is 2.41. The van der Waals surface area contributed by atoms with Gasteiger partial charge in [0.25, 0.3) is 0 Å². The van der Waals surface area contributed by atoms with Crippen LogP contribution in [0.1, 0.15) is 6.42 Å². The van der Waals surface area contributed by atoms with Crippen molar-refractivity contribution in [2.45, 2.75) is 30.6 Å². The van der Waals surface area contributed by atoms with Crippen LogP contribution in [0.25, 0.3) is 0 Å². The van der Waals surface area contributed by atoms with E-state index < -0.39 is 36.7 Å². The van der Waals surface area contributed by atoms with Gasteiger partial charge in [0.2, 0.25) is 5.91 Å². The highest BCUT2D eigenvalue weighted by molar-refractivity contribution is 5.81. The largest absolute Gasteiger partial charge is 0.396 e. The van der Waals surface area contributed by atoms with Crippen LogP contribution in [-0.2, 0) is 4.79 Å². The predicted octanol–water partition coefficient (Wildman–Crippen LogP) is -0.606. The van der Waals surface area contributed by atoms with E-state index in [0.717, 1.165) is 0 Å². The maximum absolute atomic E-state index is 10.8. The zero-order chi connectivity index (χ0) is 14.1. The molecule has 0 spiro atoms. The fraction of sp³-hybridized carbons (Fsp3) is 0.857. The summed E-state index contributed by atoms with van der Waals surface area (Å²) in [5.41, 5.74) is 4.80. The molecule has 0 aromatic carbocycles. The summed E-state index contributed by atoms with van der Waals surface area (Å²) in [4.78, 5) is 52.9. The molecule has 11 heteroatoms. The fourth-order valence-electron chi connectivity index (χ4n) is 1.37. The van der Waals surface area contributed by atoms with Crippen molar-refractivity contribution < 1.29 is 9.90 Å². The van der Waals surface area contributed by atoms with Gasteiger partial charge in [0.15, 0.2) is 12.1 Å². The quantitative estimate of drug-likeness (QED) is 0.494. The zero-order valence-electron chi connectivity index (χ0n) is 9.08. The Bertz CT molecular complexity index is 336. The lowest BCUT2D eigenvalue weighted by atomic mass is 9.94. The monoisotopic (exact) mass is 261 g/mol. The molecule has 0 fully saturated rings. The van der Waals surface area contributed by atoms with Gasteiger partial charge in [-0.2, -0.15) is 14.7 Å². The zero-order valence-corrected chi connectivity index (χ0v) is 9.08. The number of aliphatic hydroxyl groups excluding tert-OH is 1. The number of amides is 1. The van der Waals surface area contributed by atoms with Crippen molar-refractivity contribution in [1.29, 1.82) is 0 Å². The number of hydrogen-bond donors (Lipinski definition) is 2. The van der Waals surface area contributed by atoms with Crippen molar-refractivity contribution in [3.8, 4) is 0 Å². The Balaban J connectivity index is 5.23. The average molecular weight is 261 g/mol.